The molecule has 0 radical (unpaired) electrons. The molecular weight excluding hydrogens is 287 g/mol. The minimum Gasteiger partial charge on any atom is -0.482 e. The normalized spacial score (nSPS) is 20.7. The molecular formula is C13H12F3N3O2. The van der Waals surface area contributed by atoms with Crippen molar-refractivity contribution < 1.29 is 22.4 Å². The number of aromatic nitrogens is 2. The highest BCUT2D eigenvalue weighted by Crippen LogP contribution is 2.38. The van der Waals surface area contributed by atoms with Crippen LogP contribution in [0.5, 0.6) is 5.75 Å². The number of halogens is 3. The largest absolute Gasteiger partial charge is 0.482 e. The van der Waals surface area contributed by atoms with E-state index in [0.717, 1.165) is 12.5 Å². The summed E-state index contributed by atoms with van der Waals surface area (Å²) in [5.74, 6) is 0.0480. The number of alkyl halides is 3. The van der Waals surface area contributed by atoms with Crippen LogP contribution >= 0.6 is 0 Å². The standard InChI is InChI=1S/C13H12F3N3O2/c1-12(17,13(14,15)16)11-18-10(19-21-11)9-6-7-4-2-3-5-8(7)20-9/h2-5,9H,6,17H2,1H3. The number of nitrogens with zero attached hydrogens (tertiary/aromatic N) is 2. The van der Waals surface area contributed by atoms with Crippen molar-refractivity contribution in [2.45, 2.75) is 31.2 Å². The van der Waals surface area contributed by atoms with Crippen LogP contribution in [0.15, 0.2) is 28.8 Å². The summed E-state index contributed by atoms with van der Waals surface area (Å²) in [6.45, 7) is 0.786. The smallest absolute Gasteiger partial charge is 0.415 e. The summed E-state index contributed by atoms with van der Waals surface area (Å²) in [5, 5.41) is 3.57. The lowest BCUT2D eigenvalue weighted by molar-refractivity contribution is -0.190. The fourth-order valence-electron chi connectivity index (χ4n) is 2.02. The van der Waals surface area contributed by atoms with Crippen molar-refractivity contribution in [3.63, 3.8) is 0 Å². The van der Waals surface area contributed by atoms with Crippen molar-refractivity contribution >= 4 is 0 Å². The second-order valence-corrected chi connectivity index (χ2v) is 5.08. The van der Waals surface area contributed by atoms with Gasteiger partial charge in [0, 0.05) is 6.42 Å². The number of para-hydroxylation sites is 1. The molecule has 1 aromatic carbocycles. The van der Waals surface area contributed by atoms with Crippen LogP contribution in [0.3, 0.4) is 0 Å². The lowest BCUT2D eigenvalue weighted by Gasteiger charge is -2.22. The van der Waals surface area contributed by atoms with Crippen LogP contribution in [0, 0.1) is 0 Å². The molecule has 2 unspecified atom stereocenters. The van der Waals surface area contributed by atoms with Crippen LogP contribution < -0.4 is 10.5 Å². The molecule has 21 heavy (non-hydrogen) atoms. The van der Waals surface area contributed by atoms with Gasteiger partial charge in [0.05, 0.1) is 0 Å². The zero-order valence-electron chi connectivity index (χ0n) is 11.0. The van der Waals surface area contributed by atoms with Gasteiger partial charge in [0.25, 0.3) is 5.89 Å². The predicted octanol–water partition coefficient (Wildman–Crippen LogP) is 2.48. The third-order valence-electron chi connectivity index (χ3n) is 3.41. The van der Waals surface area contributed by atoms with Crippen LogP contribution in [-0.2, 0) is 12.0 Å². The summed E-state index contributed by atoms with van der Waals surface area (Å²) in [6.07, 6.45) is -4.78. The van der Waals surface area contributed by atoms with Crippen molar-refractivity contribution in [2.75, 3.05) is 0 Å². The minimum absolute atomic E-state index is 0.0575. The van der Waals surface area contributed by atoms with Gasteiger partial charge >= 0.3 is 6.18 Å². The third kappa shape index (κ3) is 2.25. The van der Waals surface area contributed by atoms with E-state index in [1.165, 1.54) is 0 Å². The zero-order valence-corrected chi connectivity index (χ0v) is 11.0. The fourth-order valence-corrected chi connectivity index (χ4v) is 2.02. The van der Waals surface area contributed by atoms with E-state index in [4.69, 9.17) is 10.5 Å². The molecule has 0 amide bonds. The molecule has 0 fully saturated rings. The number of nitrogens with two attached hydrogens (primary N) is 1. The Morgan fingerprint density at radius 3 is 2.67 bits per heavy atom. The number of fused-ring (bicyclic) bond motifs is 1. The number of hydrogen-bond donors (Lipinski definition) is 1. The average molecular weight is 299 g/mol. The van der Waals surface area contributed by atoms with Gasteiger partial charge in [0.1, 0.15) is 5.75 Å². The quantitative estimate of drug-likeness (QED) is 0.922. The number of rotatable bonds is 2. The third-order valence-corrected chi connectivity index (χ3v) is 3.41. The van der Waals surface area contributed by atoms with Crippen LogP contribution in [0.4, 0.5) is 13.2 Å². The molecule has 0 spiro atoms. The van der Waals surface area contributed by atoms with Gasteiger partial charge in [-0.1, -0.05) is 23.4 Å². The van der Waals surface area contributed by atoms with Crippen molar-refractivity contribution in [3.05, 3.63) is 41.5 Å². The SMILES string of the molecule is CC(N)(c1nc(C2Cc3ccccc3O2)no1)C(F)(F)F. The maximum absolute atomic E-state index is 12.8. The Morgan fingerprint density at radius 2 is 2.00 bits per heavy atom. The van der Waals surface area contributed by atoms with Crippen LogP contribution in [0.25, 0.3) is 0 Å². The highest BCUT2D eigenvalue weighted by molar-refractivity contribution is 5.37. The van der Waals surface area contributed by atoms with Crippen molar-refractivity contribution in [3.8, 4) is 5.75 Å². The molecule has 0 saturated heterocycles. The highest BCUT2D eigenvalue weighted by Gasteiger charge is 2.54. The first-order valence-electron chi connectivity index (χ1n) is 6.23. The molecule has 2 aromatic rings. The van der Waals surface area contributed by atoms with Crippen molar-refractivity contribution in [2.24, 2.45) is 5.73 Å². The van der Waals surface area contributed by atoms with E-state index >= 15 is 0 Å². The van der Waals surface area contributed by atoms with Gasteiger partial charge in [0.2, 0.25) is 5.82 Å². The highest BCUT2D eigenvalue weighted by atomic mass is 19.4. The van der Waals surface area contributed by atoms with Crippen LogP contribution in [0.2, 0.25) is 0 Å². The van der Waals surface area contributed by atoms with E-state index in [1.54, 1.807) is 6.07 Å². The Balaban J connectivity index is 1.85. The monoisotopic (exact) mass is 299 g/mol. The van der Waals surface area contributed by atoms with Crippen molar-refractivity contribution in [1.82, 2.24) is 10.1 Å². The molecule has 112 valence electrons. The maximum atomic E-state index is 12.8. The predicted molar refractivity (Wildman–Crippen MR) is 65.4 cm³/mol. The summed E-state index contributed by atoms with van der Waals surface area (Å²) >= 11 is 0. The molecule has 1 aromatic heterocycles. The number of hydrogen-bond acceptors (Lipinski definition) is 5. The summed E-state index contributed by atoms with van der Waals surface area (Å²) in [6, 6.07) is 7.31. The summed E-state index contributed by atoms with van der Waals surface area (Å²) in [5.41, 5.74) is 3.50. The molecule has 8 heteroatoms. The Bertz CT molecular complexity index is 642. The Morgan fingerprint density at radius 1 is 1.29 bits per heavy atom. The lowest BCUT2D eigenvalue weighted by Crippen LogP contribution is -2.48. The molecule has 3 rings (SSSR count). The van der Waals surface area contributed by atoms with E-state index in [-0.39, 0.29) is 5.82 Å². The van der Waals surface area contributed by atoms with Gasteiger partial charge in [-0.3, -0.25) is 0 Å². The van der Waals surface area contributed by atoms with Gasteiger partial charge in [-0.05, 0) is 18.6 Å². The summed E-state index contributed by atoms with van der Waals surface area (Å²) in [4.78, 5) is 3.77. The van der Waals surface area contributed by atoms with E-state index in [9.17, 15) is 13.2 Å². The van der Waals surface area contributed by atoms with E-state index in [1.807, 2.05) is 18.2 Å². The molecule has 0 aliphatic carbocycles. The fraction of sp³-hybridized carbons (Fsp3) is 0.385. The minimum atomic E-state index is -4.68. The Labute approximate surface area is 117 Å². The Hall–Kier alpha value is -2.09. The van der Waals surface area contributed by atoms with Crippen molar-refractivity contribution in [1.29, 1.82) is 0 Å². The molecule has 2 N–H and O–H groups in total. The first-order chi connectivity index (χ1) is 9.79. The Kier molecular flexibility index (Phi) is 2.94. The maximum Gasteiger partial charge on any atom is 0.415 e. The second-order valence-electron chi connectivity index (χ2n) is 5.08. The van der Waals surface area contributed by atoms with Gasteiger partial charge in [-0.25, -0.2) is 0 Å². The topological polar surface area (TPSA) is 74.2 Å². The van der Waals surface area contributed by atoms with Gasteiger partial charge < -0.3 is 15.0 Å². The van der Waals surface area contributed by atoms with Gasteiger partial charge in [-0.15, -0.1) is 0 Å². The molecule has 0 saturated carbocycles. The molecule has 1 aliphatic rings. The molecule has 0 bridgehead atoms. The first-order valence-corrected chi connectivity index (χ1v) is 6.23. The van der Waals surface area contributed by atoms with Crippen LogP contribution in [-0.4, -0.2) is 16.3 Å². The van der Waals surface area contributed by atoms with E-state index in [0.29, 0.717) is 12.2 Å². The second kappa shape index (κ2) is 4.45. The zero-order chi connectivity index (χ0) is 15.3. The van der Waals surface area contributed by atoms with E-state index in [2.05, 4.69) is 14.7 Å². The van der Waals surface area contributed by atoms with Gasteiger partial charge in [0.15, 0.2) is 11.6 Å². The molecule has 2 heterocycles. The summed E-state index contributed by atoms with van der Waals surface area (Å²) < 4.78 is 48.8. The lowest BCUT2D eigenvalue weighted by atomic mass is 10.0. The first kappa shape index (κ1) is 13.9. The summed E-state index contributed by atoms with van der Waals surface area (Å²) in [7, 11) is 0. The van der Waals surface area contributed by atoms with Gasteiger partial charge in [-0.2, -0.15) is 18.2 Å². The van der Waals surface area contributed by atoms with Crippen LogP contribution in [0.1, 0.15) is 30.3 Å². The molecule has 2 atom stereocenters. The van der Waals surface area contributed by atoms with E-state index < -0.39 is 23.7 Å². The molecule has 5 nitrogen and oxygen atoms in total. The molecule has 1 aliphatic heterocycles. The average Bonchev–Trinajstić information content (AvgIpc) is 3.04. The number of ether oxygens (including phenoxy) is 1. The number of benzene rings is 1.